The highest BCUT2D eigenvalue weighted by atomic mass is 15.3. The summed E-state index contributed by atoms with van der Waals surface area (Å²) in [5, 5.41) is 7.66. The SMILES string of the molecule is CN1CCc2cc(CNCCn3cccn3)ccc21. The molecule has 2 heterocycles. The molecule has 1 aromatic heterocycles. The van der Waals surface area contributed by atoms with E-state index in [2.05, 4.69) is 40.6 Å². The maximum absolute atomic E-state index is 4.19. The highest BCUT2D eigenvalue weighted by Crippen LogP contribution is 2.27. The number of aromatic nitrogens is 2. The Hall–Kier alpha value is -1.81. The zero-order valence-electron chi connectivity index (χ0n) is 11.3. The lowest BCUT2D eigenvalue weighted by Crippen LogP contribution is -2.19. The van der Waals surface area contributed by atoms with Crippen molar-refractivity contribution in [3.63, 3.8) is 0 Å². The molecule has 0 fully saturated rings. The van der Waals surface area contributed by atoms with Crippen LogP contribution in [0.1, 0.15) is 11.1 Å². The van der Waals surface area contributed by atoms with E-state index in [0.717, 1.165) is 26.2 Å². The van der Waals surface area contributed by atoms with Crippen LogP contribution in [0.2, 0.25) is 0 Å². The standard InChI is InChI=1S/C15H20N4/c1-18-9-5-14-11-13(3-4-15(14)18)12-16-7-10-19-8-2-6-17-19/h2-4,6,8,11,16H,5,7,9-10,12H2,1H3. The normalized spacial score (nSPS) is 13.8. The third-order valence-electron chi connectivity index (χ3n) is 3.68. The monoisotopic (exact) mass is 256 g/mol. The second kappa shape index (κ2) is 5.45. The van der Waals surface area contributed by atoms with Crippen molar-refractivity contribution in [3.8, 4) is 0 Å². The smallest absolute Gasteiger partial charge is 0.0534 e. The highest BCUT2D eigenvalue weighted by Gasteiger charge is 2.15. The summed E-state index contributed by atoms with van der Waals surface area (Å²) in [4.78, 5) is 2.32. The van der Waals surface area contributed by atoms with Gasteiger partial charge in [0.25, 0.3) is 0 Å². The molecule has 0 spiro atoms. The van der Waals surface area contributed by atoms with Gasteiger partial charge in [-0.3, -0.25) is 4.68 Å². The Balaban J connectivity index is 1.51. The summed E-state index contributed by atoms with van der Waals surface area (Å²) in [7, 11) is 2.16. The zero-order chi connectivity index (χ0) is 13.1. The van der Waals surface area contributed by atoms with Crippen LogP contribution in [0.4, 0.5) is 5.69 Å². The summed E-state index contributed by atoms with van der Waals surface area (Å²) in [6, 6.07) is 8.76. The summed E-state index contributed by atoms with van der Waals surface area (Å²) < 4.78 is 1.95. The van der Waals surface area contributed by atoms with Crippen molar-refractivity contribution in [2.24, 2.45) is 0 Å². The molecule has 4 heteroatoms. The van der Waals surface area contributed by atoms with E-state index in [1.54, 1.807) is 0 Å². The van der Waals surface area contributed by atoms with E-state index in [0.29, 0.717) is 0 Å². The van der Waals surface area contributed by atoms with Gasteiger partial charge < -0.3 is 10.2 Å². The first kappa shape index (κ1) is 12.2. The van der Waals surface area contributed by atoms with Crippen molar-refractivity contribution in [1.82, 2.24) is 15.1 Å². The largest absolute Gasteiger partial charge is 0.374 e. The minimum atomic E-state index is 0.917. The minimum absolute atomic E-state index is 0.917. The Kier molecular flexibility index (Phi) is 3.51. The number of hydrogen-bond acceptors (Lipinski definition) is 3. The maximum Gasteiger partial charge on any atom is 0.0534 e. The molecule has 19 heavy (non-hydrogen) atoms. The fraction of sp³-hybridized carbons (Fsp3) is 0.400. The molecule has 0 amide bonds. The average molecular weight is 256 g/mol. The molecule has 100 valence electrons. The zero-order valence-corrected chi connectivity index (χ0v) is 11.3. The Morgan fingerprint density at radius 1 is 1.37 bits per heavy atom. The lowest BCUT2D eigenvalue weighted by Gasteiger charge is -2.12. The molecule has 0 unspecified atom stereocenters. The first-order chi connectivity index (χ1) is 9.33. The molecule has 0 saturated heterocycles. The van der Waals surface area contributed by atoms with E-state index < -0.39 is 0 Å². The molecule has 4 nitrogen and oxygen atoms in total. The van der Waals surface area contributed by atoms with Gasteiger partial charge in [0, 0.05) is 44.8 Å². The van der Waals surface area contributed by atoms with Gasteiger partial charge in [-0.1, -0.05) is 12.1 Å². The second-order valence-electron chi connectivity index (χ2n) is 5.08. The van der Waals surface area contributed by atoms with Crippen LogP contribution in [0.15, 0.2) is 36.7 Å². The predicted molar refractivity (Wildman–Crippen MR) is 77.3 cm³/mol. The van der Waals surface area contributed by atoms with Crippen molar-refractivity contribution >= 4 is 5.69 Å². The van der Waals surface area contributed by atoms with Crippen LogP contribution in [0.5, 0.6) is 0 Å². The van der Waals surface area contributed by atoms with Crippen molar-refractivity contribution < 1.29 is 0 Å². The van der Waals surface area contributed by atoms with Crippen LogP contribution in [-0.2, 0) is 19.5 Å². The van der Waals surface area contributed by atoms with E-state index in [1.165, 1.54) is 23.2 Å². The van der Waals surface area contributed by atoms with Gasteiger partial charge in [-0.05, 0) is 29.7 Å². The van der Waals surface area contributed by atoms with Crippen LogP contribution in [0.25, 0.3) is 0 Å². The van der Waals surface area contributed by atoms with Gasteiger partial charge in [-0.25, -0.2) is 0 Å². The Labute approximate surface area is 114 Å². The first-order valence-electron chi connectivity index (χ1n) is 6.84. The quantitative estimate of drug-likeness (QED) is 0.826. The van der Waals surface area contributed by atoms with Gasteiger partial charge in [0.15, 0.2) is 0 Å². The molecule has 1 aliphatic rings. The van der Waals surface area contributed by atoms with E-state index >= 15 is 0 Å². The number of fused-ring (bicyclic) bond motifs is 1. The maximum atomic E-state index is 4.19. The number of rotatable bonds is 5. The lowest BCUT2D eigenvalue weighted by atomic mass is 10.1. The van der Waals surface area contributed by atoms with Gasteiger partial charge in [0.2, 0.25) is 0 Å². The highest BCUT2D eigenvalue weighted by molar-refractivity contribution is 5.58. The van der Waals surface area contributed by atoms with Crippen LogP contribution in [-0.4, -0.2) is 29.9 Å². The molecule has 1 aliphatic heterocycles. The van der Waals surface area contributed by atoms with Gasteiger partial charge in [0.1, 0.15) is 0 Å². The molecule has 0 aliphatic carbocycles. The summed E-state index contributed by atoms with van der Waals surface area (Å²) in [5.41, 5.74) is 4.24. The molecule has 2 aromatic rings. The predicted octanol–water partition coefficient (Wildman–Crippen LogP) is 1.67. The number of likely N-dealkylation sites (N-methyl/N-ethyl adjacent to an activating group) is 1. The summed E-state index contributed by atoms with van der Waals surface area (Å²) in [5.74, 6) is 0. The Morgan fingerprint density at radius 3 is 3.16 bits per heavy atom. The molecule has 3 rings (SSSR count). The molecule has 1 aromatic carbocycles. The van der Waals surface area contributed by atoms with Crippen molar-refractivity contribution in [1.29, 1.82) is 0 Å². The van der Waals surface area contributed by atoms with Crippen molar-refractivity contribution in [2.75, 3.05) is 25.0 Å². The number of nitrogens with zero attached hydrogens (tertiary/aromatic N) is 3. The minimum Gasteiger partial charge on any atom is -0.374 e. The Bertz CT molecular complexity index is 533. The molecule has 0 atom stereocenters. The summed E-state index contributed by atoms with van der Waals surface area (Å²) in [6.07, 6.45) is 4.98. The average Bonchev–Trinajstić information content (AvgIpc) is 3.05. The topological polar surface area (TPSA) is 33.1 Å². The van der Waals surface area contributed by atoms with Crippen LogP contribution < -0.4 is 10.2 Å². The van der Waals surface area contributed by atoms with Gasteiger partial charge in [-0.15, -0.1) is 0 Å². The molecule has 0 bridgehead atoms. The van der Waals surface area contributed by atoms with E-state index in [1.807, 2.05) is 23.1 Å². The summed E-state index contributed by atoms with van der Waals surface area (Å²) in [6.45, 7) is 3.93. The van der Waals surface area contributed by atoms with E-state index in [-0.39, 0.29) is 0 Å². The van der Waals surface area contributed by atoms with Crippen LogP contribution >= 0.6 is 0 Å². The molecule has 0 saturated carbocycles. The molecular weight excluding hydrogens is 236 g/mol. The summed E-state index contributed by atoms with van der Waals surface area (Å²) >= 11 is 0. The molecule has 1 N–H and O–H groups in total. The molecule has 0 radical (unpaired) electrons. The third-order valence-corrected chi connectivity index (χ3v) is 3.68. The van der Waals surface area contributed by atoms with Gasteiger partial charge in [-0.2, -0.15) is 5.10 Å². The number of anilines is 1. The fourth-order valence-corrected chi connectivity index (χ4v) is 2.59. The number of benzene rings is 1. The van der Waals surface area contributed by atoms with Gasteiger partial charge >= 0.3 is 0 Å². The fourth-order valence-electron chi connectivity index (χ4n) is 2.59. The van der Waals surface area contributed by atoms with Crippen molar-refractivity contribution in [2.45, 2.75) is 19.5 Å². The second-order valence-corrected chi connectivity index (χ2v) is 5.08. The number of nitrogens with one attached hydrogen (secondary N) is 1. The third kappa shape index (κ3) is 2.79. The van der Waals surface area contributed by atoms with Gasteiger partial charge in [0.05, 0.1) is 6.54 Å². The van der Waals surface area contributed by atoms with E-state index in [4.69, 9.17) is 0 Å². The van der Waals surface area contributed by atoms with Crippen LogP contribution in [0, 0.1) is 0 Å². The Morgan fingerprint density at radius 2 is 2.32 bits per heavy atom. The van der Waals surface area contributed by atoms with E-state index in [9.17, 15) is 0 Å². The molecular formula is C15H20N4. The number of hydrogen-bond donors (Lipinski definition) is 1. The first-order valence-corrected chi connectivity index (χ1v) is 6.84. The lowest BCUT2D eigenvalue weighted by molar-refractivity contribution is 0.555. The van der Waals surface area contributed by atoms with Crippen LogP contribution in [0.3, 0.4) is 0 Å². The van der Waals surface area contributed by atoms with Crippen molar-refractivity contribution in [3.05, 3.63) is 47.8 Å².